The van der Waals surface area contributed by atoms with Crippen LogP contribution >= 0.6 is 0 Å². The Labute approximate surface area is 241 Å². The number of ether oxygens (including phenoxy) is 5. The molecule has 9 nitrogen and oxygen atoms in total. The van der Waals surface area contributed by atoms with E-state index in [0.717, 1.165) is 31.4 Å². The van der Waals surface area contributed by atoms with Crippen molar-refractivity contribution in [3.63, 3.8) is 0 Å². The summed E-state index contributed by atoms with van der Waals surface area (Å²) in [4.78, 5) is 48.9. The second kappa shape index (κ2) is 18.9. The van der Waals surface area contributed by atoms with E-state index in [9.17, 15) is 19.2 Å². The van der Waals surface area contributed by atoms with E-state index in [-0.39, 0.29) is 24.8 Å². The van der Waals surface area contributed by atoms with Crippen molar-refractivity contribution in [2.75, 3.05) is 26.4 Å². The van der Waals surface area contributed by atoms with Gasteiger partial charge in [0.1, 0.15) is 17.8 Å². The minimum Gasteiger partial charge on any atom is -0.462 e. The van der Waals surface area contributed by atoms with Gasteiger partial charge in [0.2, 0.25) is 0 Å². The predicted molar refractivity (Wildman–Crippen MR) is 154 cm³/mol. The molecule has 230 valence electrons. The summed E-state index contributed by atoms with van der Waals surface area (Å²) < 4.78 is 27.6. The van der Waals surface area contributed by atoms with Crippen molar-refractivity contribution >= 4 is 23.5 Å². The van der Waals surface area contributed by atoms with Crippen LogP contribution in [0.5, 0.6) is 0 Å². The van der Waals surface area contributed by atoms with E-state index in [1.165, 1.54) is 12.2 Å². The number of carbonyl (C=O) groups is 4. The van der Waals surface area contributed by atoms with Crippen molar-refractivity contribution in [2.24, 2.45) is 11.8 Å². The number of esters is 2. The Balaban J connectivity index is 4.53. The van der Waals surface area contributed by atoms with Gasteiger partial charge in [-0.15, -0.1) is 0 Å². The molecule has 3 unspecified atom stereocenters. The van der Waals surface area contributed by atoms with Crippen molar-refractivity contribution < 1.29 is 42.9 Å². The van der Waals surface area contributed by atoms with Crippen molar-refractivity contribution in [3.05, 3.63) is 24.3 Å². The Morgan fingerprint density at radius 3 is 1.62 bits per heavy atom. The van der Waals surface area contributed by atoms with E-state index < -0.39 is 35.3 Å². The van der Waals surface area contributed by atoms with Gasteiger partial charge in [-0.2, -0.15) is 0 Å². The van der Waals surface area contributed by atoms with Gasteiger partial charge in [-0.1, -0.05) is 47.0 Å². The second-order valence-corrected chi connectivity index (χ2v) is 11.3. The van der Waals surface area contributed by atoms with Crippen molar-refractivity contribution in [2.45, 2.75) is 112 Å². The molecule has 0 aliphatic carbocycles. The van der Waals surface area contributed by atoms with E-state index in [1.807, 2.05) is 20.8 Å². The summed E-state index contributed by atoms with van der Waals surface area (Å²) in [7, 11) is 0. The van der Waals surface area contributed by atoms with Crippen LogP contribution in [0.3, 0.4) is 0 Å². The topological polar surface area (TPSA) is 114 Å². The van der Waals surface area contributed by atoms with Gasteiger partial charge in [0.05, 0.1) is 32.0 Å². The largest absolute Gasteiger partial charge is 0.462 e. The predicted octanol–water partition coefficient (Wildman–Crippen LogP) is 5.19. The summed E-state index contributed by atoms with van der Waals surface area (Å²) >= 11 is 0. The van der Waals surface area contributed by atoms with E-state index >= 15 is 0 Å². The quantitative estimate of drug-likeness (QED) is 0.136. The van der Waals surface area contributed by atoms with Gasteiger partial charge in [-0.05, 0) is 65.5 Å². The van der Waals surface area contributed by atoms with Crippen LogP contribution in [0.4, 0.5) is 0 Å². The molecule has 0 bridgehead atoms. The van der Waals surface area contributed by atoms with Crippen LogP contribution in [0.2, 0.25) is 0 Å². The lowest BCUT2D eigenvalue weighted by atomic mass is 10.0. The summed E-state index contributed by atoms with van der Waals surface area (Å²) in [6, 6.07) is 0. The number of ketones is 2. The maximum Gasteiger partial charge on any atom is 0.330 e. The first-order valence-electron chi connectivity index (χ1n) is 14.3. The molecule has 0 saturated carbocycles. The van der Waals surface area contributed by atoms with Crippen LogP contribution in [0.25, 0.3) is 0 Å². The van der Waals surface area contributed by atoms with Crippen LogP contribution in [0.15, 0.2) is 24.3 Å². The maximum atomic E-state index is 12.6. The lowest BCUT2D eigenvalue weighted by Gasteiger charge is -2.27. The van der Waals surface area contributed by atoms with E-state index in [1.54, 1.807) is 41.5 Å². The minimum absolute atomic E-state index is 0.0257. The normalized spacial score (nSPS) is 14.9. The number of hydrogen-bond acceptors (Lipinski definition) is 9. The lowest BCUT2D eigenvalue weighted by Crippen LogP contribution is -2.39. The fourth-order valence-electron chi connectivity index (χ4n) is 3.19. The van der Waals surface area contributed by atoms with Gasteiger partial charge in [0, 0.05) is 12.2 Å². The molecule has 0 aromatic carbocycles. The van der Waals surface area contributed by atoms with Gasteiger partial charge in [-0.3, -0.25) is 9.59 Å². The highest BCUT2D eigenvalue weighted by Crippen LogP contribution is 2.17. The van der Waals surface area contributed by atoms with Crippen LogP contribution in [-0.2, 0) is 42.9 Å². The maximum absolute atomic E-state index is 12.6. The van der Waals surface area contributed by atoms with Crippen LogP contribution in [0, 0.1) is 11.8 Å². The Bertz CT molecular complexity index is 853. The number of rotatable bonds is 21. The highest BCUT2D eigenvalue weighted by atomic mass is 16.6. The Morgan fingerprint density at radius 2 is 1.12 bits per heavy atom. The van der Waals surface area contributed by atoms with E-state index in [0.29, 0.717) is 25.0 Å². The number of hydrogen-bond donors (Lipinski definition) is 0. The van der Waals surface area contributed by atoms with Gasteiger partial charge in [0.15, 0.2) is 11.6 Å². The zero-order valence-electron chi connectivity index (χ0n) is 26.2. The Morgan fingerprint density at radius 1 is 0.625 bits per heavy atom. The minimum atomic E-state index is -1.19. The highest BCUT2D eigenvalue weighted by Gasteiger charge is 2.29. The monoisotopic (exact) mass is 568 g/mol. The molecule has 0 spiro atoms. The summed E-state index contributed by atoms with van der Waals surface area (Å²) in [6.07, 6.45) is 6.42. The third-order valence-electron chi connectivity index (χ3n) is 6.54. The molecule has 0 heterocycles. The molecular weight excluding hydrogens is 516 g/mol. The third-order valence-corrected chi connectivity index (χ3v) is 6.54. The first-order chi connectivity index (χ1) is 18.6. The fourth-order valence-corrected chi connectivity index (χ4v) is 3.19. The second-order valence-electron chi connectivity index (χ2n) is 11.3. The molecule has 0 N–H and O–H groups in total. The van der Waals surface area contributed by atoms with Gasteiger partial charge in [0.25, 0.3) is 0 Å². The summed E-state index contributed by atoms with van der Waals surface area (Å²) in [5, 5.41) is 0. The molecule has 0 radical (unpaired) electrons. The van der Waals surface area contributed by atoms with Crippen LogP contribution < -0.4 is 0 Å². The molecule has 0 rings (SSSR count). The lowest BCUT2D eigenvalue weighted by molar-refractivity contribution is -0.151. The fraction of sp³-hybridized carbons (Fsp3) is 0.742. The molecule has 9 heteroatoms. The summed E-state index contributed by atoms with van der Waals surface area (Å²) in [5.74, 6) is -1.30. The zero-order valence-corrected chi connectivity index (χ0v) is 26.2. The molecular formula is C31H52O9. The van der Waals surface area contributed by atoms with Gasteiger partial charge < -0.3 is 23.7 Å². The molecule has 0 aromatic rings. The van der Waals surface area contributed by atoms with E-state index in [4.69, 9.17) is 23.7 Å². The average Bonchev–Trinajstić information content (AvgIpc) is 2.90. The first kappa shape index (κ1) is 37.6. The standard InChI is InChI=1S/C31H52O9/c1-11-22(4)18-39-30(7,8)26(32)14-16-28(34)37-19-23(5)36-20-24(6)40-31(9,10)27(33)15-17-29(35)38-21-25(12-2)13-3/h14-17,22-25H,11-13,18-21H2,1-10H3. The average molecular weight is 569 g/mol. The molecule has 0 aromatic heterocycles. The molecule has 0 aliphatic heterocycles. The van der Waals surface area contributed by atoms with Gasteiger partial charge >= 0.3 is 11.9 Å². The SMILES string of the molecule is CCC(C)COC(C)(C)C(=O)C=CC(=O)OCC(C)OCC(C)OC(C)(C)C(=O)C=CC(=O)OCC(CC)CC. The molecule has 0 saturated heterocycles. The smallest absolute Gasteiger partial charge is 0.330 e. The van der Waals surface area contributed by atoms with Gasteiger partial charge in [-0.25, -0.2) is 9.59 Å². The molecule has 0 aliphatic rings. The Kier molecular flexibility index (Phi) is 17.8. The van der Waals surface area contributed by atoms with Crippen molar-refractivity contribution in [1.29, 1.82) is 0 Å². The van der Waals surface area contributed by atoms with Crippen molar-refractivity contribution in [3.8, 4) is 0 Å². The zero-order chi connectivity index (χ0) is 30.9. The Hall–Kier alpha value is -2.36. The third kappa shape index (κ3) is 16.0. The highest BCUT2D eigenvalue weighted by molar-refractivity contribution is 6.01. The van der Waals surface area contributed by atoms with E-state index in [2.05, 4.69) is 6.92 Å². The molecule has 0 amide bonds. The summed E-state index contributed by atoms with van der Waals surface area (Å²) in [5.41, 5.74) is -2.22. The first-order valence-corrected chi connectivity index (χ1v) is 14.3. The van der Waals surface area contributed by atoms with Crippen LogP contribution in [-0.4, -0.2) is 73.3 Å². The molecule has 40 heavy (non-hydrogen) atoms. The molecule has 3 atom stereocenters. The summed E-state index contributed by atoms with van der Waals surface area (Å²) in [6.45, 7) is 19.1. The molecule has 0 fully saturated rings. The van der Waals surface area contributed by atoms with Crippen LogP contribution in [0.1, 0.15) is 88.5 Å². The number of carbonyl (C=O) groups excluding carboxylic acids is 4. The van der Waals surface area contributed by atoms with Crippen molar-refractivity contribution in [1.82, 2.24) is 0 Å².